The molecule has 3 aromatic carbocycles. The monoisotopic (exact) mass is 782 g/mol. The lowest BCUT2D eigenvalue weighted by Crippen LogP contribution is -2.49. The van der Waals surface area contributed by atoms with E-state index < -0.39 is 6.04 Å². The number of anilines is 2. The van der Waals surface area contributed by atoms with Crippen molar-refractivity contribution in [2.75, 3.05) is 62.7 Å². The molecule has 1 aromatic heterocycles. The highest BCUT2D eigenvalue weighted by Gasteiger charge is 2.29. The zero-order valence-corrected chi connectivity index (χ0v) is 32.3. The van der Waals surface area contributed by atoms with Gasteiger partial charge in [0.25, 0.3) is 5.56 Å². The first-order valence-corrected chi connectivity index (χ1v) is 20.0. The van der Waals surface area contributed by atoms with Crippen molar-refractivity contribution in [2.24, 2.45) is 10.9 Å². The van der Waals surface area contributed by atoms with Gasteiger partial charge < -0.3 is 15.1 Å². The van der Waals surface area contributed by atoms with Gasteiger partial charge >= 0.3 is 0 Å². The number of hydrogen-bond acceptors (Lipinski definition) is 11. The van der Waals surface area contributed by atoms with Crippen molar-refractivity contribution in [1.29, 1.82) is 5.26 Å². The molecule has 298 valence electrons. The van der Waals surface area contributed by atoms with E-state index in [0.29, 0.717) is 47.0 Å². The summed E-state index contributed by atoms with van der Waals surface area (Å²) in [6, 6.07) is 23.9. The SMILES string of the molecule is N#Cc1cccc(-c2cc(Cc3cccc(C4N=CC=CN4CN4CCC(CN5CCN(c6ccc(NC7CCC(=O)NC7=O)cc6F)CC5)CC4)c3)c(=O)[nH]n2)c1. The van der Waals surface area contributed by atoms with Crippen LogP contribution in [0.25, 0.3) is 11.3 Å². The summed E-state index contributed by atoms with van der Waals surface area (Å²) in [5, 5.41) is 21.6. The van der Waals surface area contributed by atoms with Crippen molar-refractivity contribution in [3.05, 3.63) is 123 Å². The second-order valence-electron chi connectivity index (χ2n) is 15.6. The number of imide groups is 1. The average Bonchev–Trinajstić information content (AvgIpc) is 3.24. The van der Waals surface area contributed by atoms with E-state index in [2.05, 4.69) is 64.8 Å². The van der Waals surface area contributed by atoms with Crippen LogP contribution in [0, 0.1) is 23.1 Å². The van der Waals surface area contributed by atoms with Crippen molar-refractivity contribution in [2.45, 2.75) is 44.3 Å². The van der Waals surface area contributed by atoms with Crippen LogP contribution in [0.1, 0.15) is 54.1 Å². The van der Waals surface area contributed by atoms with Gasteiger partial charge in [0, 0.05) is 87.9 Å². The van der Waals surface area contributed by atoms with Gasteiger partial charge in [0.2, 0.25) is 11.8 Å². The first kappa shape index (κ1) is 38.7. The number of nitrogens with zero attached hydrogens (tertiary/aromatic N) is 7. The van der Waals surface area contributed by atoms with Crippen LogP contribution in [0.2, 0.25) is 0 Å². The lowest BCUT2D eigenvalue weighted by Gasteiger charge is -2.41. The number of carbonyl (C=O) groups excluding carboxylic acids is 2. The van der Waals surface area contributed by atoms with E-state index in [1.807, 2.05) is 36.6 Å². The fourth-order valence-electron chi connectivity index (χ4n) is 8.37. The Labute approximate surface area is 336 Å². The topological polar surface area (TPSA) is 153 Å². The predicted octanol–water partition coefficient (Wildman–Crippen LogP) is 4.65. The summed E-state index contributed by atoms with van der Waals surface area (Å²) in [5.41, 5.74) is 5.43. The van der Waals surface area contributed by atoms with Crippen LogP contribution in [-0.4, -0.2) is 101 Å². The third-order valence-electron chi connectivity index (χ3n) is 11.5. The highest BCUT2D eigenvalue weighted by molar-refractivity contribution is 6.01. The Balaban J connectivity index is 0.811. The Morgan fingerprint density at radius 2 is 1.72 bits per heavy atom. The van der Waals surface area contributed by atoms with Crippen LogP contribution >= 0.6 is 0 Å². The number of nitrogens with one attached hydrogen (secondary N) is 3. The number of hydrogen-bond donors (Lipinski definition) is 3. The molecule has 4 aliphatic heterocycles. The van der Waals surface area contributed by atoms with E-state index in [4.69, 9.17) is 4.99 Å². The number of benzene rings is 3. The van der Waals surface area contributed by atoms with Gasteiger partial charge in [-0.2, -0.15) is 10.4 Å². The Bertz CT molecular complexity index is 2300. The summed E-state index contributed by atoms with van der Waals surface area (Å²) in [4.78, 5) is 50.6. The van der Waals surface area contributed by atoms with Gasteiger partial charge in [-0.15, -0.1) is 0 Å². The summed E-state index contributed by atoms with van der Waals surface area (Å²) < 4.78 is 15.2. The number of allylic oxidation sites excluding steroid dienone is 1. The summed E-state index contributed by atoms with van der Waals surface area (Å²) in [6.07, 6.45) is 9.06. The third kappa shape index (κ3) is 9.17. The van der Waals surface area contributed by atoms with Crippen molar-refractivity contribution in [3.8, 4) is 17.3 Å². The molecule has 14 heteroatoms. The Morgan fingerprint density at radius 3 is 2.52 bits per heavy atom. The quantitative estimate of drug-likeness (QED) is 0.184. The lowest BCUT2D eigenvalue weighted by atomic mass is 9.96. The number of aliphatic imine (C=N–C) groups is 1. The molecule has 13 nitrogen and oxygen atoms in total. The minimum absolute atomic E-state index is 0.179. The lowest BCUT2D eigenvalue weighted by molar-refractivity contribution is -0.133. The standard InChI is InChI=1S/C44H47FN10O3/c45-37-26-36(48-38-9-11-41(56)49-44(38)58)8-10-40(37)54-20-18-52(19-21-54)28-30-12-16-53(17-13-30)29-55-15-3-14-47-42(55)34-7-1-4-31(22-34)23-35-25-39(50-51-43(35)57)33-6-2-5-32(24-33)27-46/h1-8,10,14-15,22,24-26,30,38,42,48H,9,11-13,16-21,23,28-29H2,(H,51,57)(H,49,56,58). The molecule has 58 heavy (non-hydrogen) atoms. The molecule has 4 aromatic rings. The molecule has 3 fully saturated rings. The molecule has 0 saturated carbocycles. The van der Waals surface area contributed by atoms with E-state index in [1.54, 1.807) is 30.3 Å². The number of piperazine rings is 1. The molecule has 0 bridgehead atoms. The third-order valence-corrected chi connectivity index (χ3v) is 11.5. The molecule has 2 unspecified atom stereocenters. The molecule has 5 heterocycles. The summed E-state index contributed by atoms with van der Waals surface area (Å²) in [7, 11) is 0. The van der Waals surface area contributed by atoms with Crippen LogP contribution < -0.4 is 21.1 Å². The summed E-state index contributed by atoms with van der Waals surface area (Å²) >= 11 is 0. The van der Waals surface area contributed by atoms with E-state index >= 15 is 4.39 Å². The zero-order chi connectivity index (χ0) is 40.0. The minimum atomic E-state index is -0.550. The number of likely N-dealkylation sites (tertiary alicyclic amines) is 1. The summed E-state index contributed by atoms with van der Waals surface area (Å²) in [6.45, 7) is 7.05. The Hall–Kier alpha value is -6.17. The fraction of sp³-hybridized carbons (Fsp3) is 0.364. The van der Waals surface area contributed by atoms with Gasteiger partial charge in [-0.25, -0.2) is 9.49 Å². The van der Waals surface area contributed by atoms with Crippen molar-refractivity contribution in [1.82, 2.24) is 30.2 Å². The molecular formula is C44H47FN10O3. The number of aromatic amines is 1. The number of nitriles is 1. The molecule has 2 atom stereocenters. The number of amides is 2. The minimum Gasteiger partial charge on any atom is -0.374 e. The first-order valence-electron chi connectivity index (χ1n) is 20.0. The number of carbonyl (C=O) groups is 2. The number of rotatable bonds is 11. The zero-order valence-electron chi connectivity index (χ0n) is 32.3. The first-order chi connectivity index (χ1) is 28.3. The van der Waals surface area contributed by atoms with Crippen molar-refractivity contribution >= 4 is 29.4 Å². The van der Waals surface area contributed by atoms with E-state index in [-0.39, 0.29) is 35.8 Å². The maximum absolute atomic E-state index is 15.2. The van der Waals surface area contributed by atoms with Crippen LogP contribution in [0.5, 0.6) is 0 Å². The van der Waals surface area contributed by atoms with Gasteiger partial charge in [-0.1, -0.05) is 36.4 Å². The largest absolute Gasteiger partial charge is 0.374 e. The molecule has 8 rings (SSSR count). The van der Waals surface area contributed by atoms with Crippen molar-refractivity contribution in [3.63, 3.8) is 0 Å². The van der Waals surface area contributed by atoms with Crippen LogP contribution in [-0.2, 0) is 16.0 Å². The molecule has 0 radical (unpaired) electrons. The number of H-pyrrole nitrogens is 1. The van der Waals surface area contributed by atoms with Gasteiger partial charge in [0.1, 0.15) is 18.0 Å². The predicted molar refractivity (Wildman–Crippen MR) is 220 cm³/mol. The molecular weight excluding hydrogens is 736 g/mol. The Kier molecular flexibility index (Phi) is 11.7. The Morgan fingerprint density at radius 1 is 0.897 bits per heavy atom. The van der Waals surface area contributed by atoms with Gasteiger partial charge in [0.05, 0.1) is 29.7 Å². The maximum atomic E-state index is 15.2. The second kappa shape index (κ2) is 17.5. The highest BCUT2D eigenvalue weighted by Crippen LogP contribution is 2.29. The number of piperidine rings is 2. The average molecular weight is 783 g/mol. The molecule has 0 aliphatic carbocycles. The number of aromatic nitrogens is 2. The molecule has 3 saturated heterocycles. The van der Waals surface area contributed by atoms with Gasteiger partial charge in [-0.05, 0) is 78.8 Å². The molecule has 4 aliphatic rings. The van der Waals surface area contributed by atoms with Crippen LogP contribution in [0.15, 0.2) is 94.9 Å². The fourth-order valence-corrected chi connectivity index (χ4v) is 8.37. The normalized spacial score (nSPS) is 20.6. The van der Waals surface area contributed by atoms with Crippen LogP contribution in [0.4, 0.5) is 15.8 Å². The smallest absolute Gasteiger partial charge is 0.267 e. The van der Waals surface area contributed by atoms with Crippen molar-refractivity contribution < 1.29 is 14.0 Å². The van der Waals surface area contributed by atoms with Gasteiger partial charge in [-0.3, -0.25) is 34.5 Å². The second-order valence-corrected chi connectivity index (χ2v) is 15.6. The highest BCUT2D eigenvalue weighted by atomic mass is 19.1. The summed E-state index contributed by atoms with van der Waals surface area (Å²) in [5.74, 6) is -0.370. The van der Waals surface area contributed by atoms with Crippen LogP contribution in [0.3, 0.4) is 0 Å². The van der Waals surface area contributed by atoms with Gasteiger partial charge in [0.15, 0.2) is 0 Å². The molecule has 2 amide bonds. The van der Waals surface area contributed by atoms with E-state index in [1.165, 1.54) is 6.07 Å². The molecule has 3 N–H and O–H groups in total. The maximum Gasteiger partial charge on any atom is 0.267 e. The van der Waals surface area contributed by atoms with E-state index in [0.717, 1.165) is 82.0 Å². The number of halogens is 1. The molecule has 0 spiro atoms. The van der Waals surface area contributed by atoms with E-state index in [9.17, 15) is 19.6 Å².